The number of fused-ring (bicyclic) bond motifs is 1. The number of ether oxygens (including phenoxy) is 1. The lowest BCUT2D eigenvalue weighted by Gasteiger charge is -2.43. The maximum absolute atomic E-state index is 16.0. The summed E-state index contributed by atoms with van der Waals surface area (Å²) < 4.78 is 23.2. The van der Waals surface area contributed by atoms with Crippen LogP contribution in [-0.2, 0) is 15.9 Å². The molecule has 0 amide bonds. The third-order valence-electron chi connectivity index (χ3n) is 7.32. The molecule has 10 heteroatoms. The summed E-state index contributed by atoms with van der Waals surface area (Å²) in [5.74, 6) is 0.380. The summed E-state index contributed by atoms with van der Waals surface area (Å²) in [6, 6.07) is 3.94. The van der Waals surface area contributed by atoms with E-state index in [9.17, 15) is 0 Å². The highest BCUT2D eigenvalue weighted by atomic mass is 35.5. The number of aromatic nitrogens is 4. The molecule has 1 aliphatic carbocycles. The van der Waals surface area contributed by atoms with E-state index in [0.29, 0.717) is 64.9 Å². The number of likely N-dealkylation sites (tertiary alicyclic amines) is 1. The van der Waals surface area contributed by atoms with Crippen LogP contribution in [0.15, 0.2) is 24.5 Å². The van der Waals surface area contributed by atoms with Crippen molar-refractivity contribution in [2.24, 2.45) is 0 Å². The lowest BCUT2D eigenvalue weighted by molar-refractivity contribution is -0.0856. The van der Waals surface area contributed by atoms with Gasteiger partial charge in [0, 0.05) is 35.3 Å². The summed E-state index contributed by atoms with van der Waals surface area (Å²) in [7, 11) is 0. The monoisotopic (exact) mass is 490 g/mol. The molecule has 2 aromatic heterocycles. The van der Waals surface area contributed by atoms with Crippen molar-refractivity contribution >= 4 is 45.7 Å². The molecule has 1 saturated carbocycles. The van der Waals surface area contributed by atoms with Crippen LogP contribution in [0.25, 0.3) is 10.9 Å². The molecule has 0 bridgehead atoms. The molecule has 3 fully saturated rings. The van der Waals surface area contributed by atoms with Crippen LogP contribution < -0.4 is 5.32 Å². The summed E-state index contributed by atoms with van der Waals surface area (Å²) in [5.41, 5.74) is 0.293. The van der Waals surface area contributed by atoms with E-state index in [-0.39, 0.29) is 5.54 Å². The quantitative estimate of drug-likeness (QED) is 0.539. The summed E-state index contributed by atoms with van der Waals surface area (Å²) in [4.78, 5) is 11.3. The predicted octanol–water partition coefficient (Wildman–Crippen LogP) is 5.05. The largest absolute Gasteiger partial charge is 0.378 e. The Morgan fingerprint density at radius 2 is 1.88 bits per heavy atom. The van der Waals surface area contributed by atoms with Crippen LogP contribution in [0.3, 0.4) is 0 Å². The number of halogens is 3. The number of nitrogens with one attached hydrogen (secondary N) is 1. The zero-order valence-corrected chi connectivity index (χ0v) is 19.8. The van der Waals surface area contributed by atoms with Gasteiger partial charge in [-0.1, -0.05) is 23.2 Å². The van der Waals surface area contributed by atoms with Crippen LogP contribution in [0.1, 0.15) is 38.2 Å². The molecule has 0 atom stereocenters. The number of benzene rings is 1. The van der Waals surface area contributed by atoms with Crippen molar-refractivity contribution in [1.29, 1.82) is 0 Å². The zero-order valence-electron chi connectivity index (χ0n) is 18.3. The smallest absolute Gasteiger partial charge is 0.227 e. The Labute approximate surface area is 201 Å². The highest BCUT2D eigenvalue weighted by molar-refractivity contribution is 6.32. The van der Waals surface area contributed by atoms with Gasteiger partial charge in [0.25, 0.3) is 0 Å². The van der Waals surface area contributed by atoms with E-state index >= 15 is 4.39 Å². The first-order valence-electron chi connectivity index (χ1n) is 11.3. The normalized spacial score (nSPS) is 22.3. The zero-order chi connectivity index (χ0) is 22.8. The van der Waals surface area contributed by atoms with Crippen LogP contribution >= 0.6 is 23.2 Å². The molecule has 3 aliphatic rings. The van der Waals surface area contributed by atoms with Gasteiger partial charge < -0.3 is 10.1 Å². The molecule has 0 unspecified atom stereocenters. The molecular weight excluding hydrogens is 466 g/mol. The molecule has 2 saturated heterocycles. The van der Waals surface area contributed by atoms with Crippen molar-refractivity contribution in [1.82, 2.24) is 24.6 Å². The molecule has 0 radical (unpaired) electrons. The molecule has 174 valence electrons. The van der Waals surface area contributed by atoms with Gasteiger partial charge in [-0.15, -0.1) is 0 Å². The summed E-state index contributed by atoms with van der Waals surface area (Å²) in [5, 5.41) is 9.28. The third-order valence-corrected chi connectivity index (χ3v) is 8.00. The first kappa shape index (κ1) is 21.5. The van der Waals surface area contributed by atoms with Crippen molar-refractivity contribution in [3.05, 3.63) is 40.3 Å². The lowest BCUT2D eigenvalue weighted by Crippen LogP contribution is -2.53. The second-order valence-electron chi connectivity index (χ2n) is 9.66. The standard InChI is InChI=1S/C23H25Cl2FN6O/c1-22(2-3-22)32-20(25)19(11-28-32)30-21-27-10-14-8-17(24)16(9-18(14)29-21)23(26)4-6-31(7-5-23)15-12-33-13-15/h8-11,15H,2-7,12-13H2,1H3,(H,27,29,30). The maximum Gasteiger partial charge on any atom is 0.227 e. The Bertz CT molecular complexity index is 1220. The fourth-order valence-electron chi connectivity index (χ4n) is 4.71. The molecule has 1 N–H and O–H groups in total. The van der Waals surface area contributed by atoms with E-state index in [1.54, 1.807) is 24.5 Å². The van der Waals surface area contributed by atoms with E-state index in [1.807, 2.05) is 4.68 Å². The van der Waals surface area contributed by atoms with Gasteiger partial charge in [-0.2, -0.15) is 5.10 Å². The van der Waals surface area contributed by atoms with Crippen molar-refractivity contribution in [2.75, 3.05) is 31.6 Å². The topological polar surface area (TPSA) is 68.1 Å². The summed E-state index contributed by atoms with van der Waals surface area (Å²) in [6.45, 7) is 4.99. The average Bonchev–Trinajstić information content (AvgIpc) is 3.40. The van der Waals surface area contributed by atoms with E-state index in [0.717, 1.165) is 31.4 Å². The molecule has 3 aromatic rings. The minimum atomic E-state index is -1.48. The second-order valence-corrected chi connectivity index (χ2v) is 10.4. The molecule has 1 aromatic carbocycles. The Morgan fingerprint density at radius 3 is 2.55 bits per heavy atom. The first-order valence-corrected chi connectivity index (χ1v) is 12.1. The fourth-order valence-corrected chi connectivity index (χ4v) is 5.39. The van der Waals surface area contributed by atoms with Crippen LogP contribution in [0.2, 0.25) is 10.2 Å². The van der Waals surface area contributed by atoms with Gasteiger partial charge in [0.05, 0.1) is 42.2 Å². The van der Waals surface area contributed by atoms with Crippen LogP contribution in [0.4, 0.5) is 16.0 Å². The molecular formula is C23H25Cl2FN6O. The molecule has 2 aliphatic heterocycles. The fraction of sp³-hybridized carbons (Fsp3) is 0.522. The highest BCUT2D eigenvalue weighted by Gasteiger charge is 2.42. The van der Waals surface area contributed by atoms with Crippen LogP contribution in [-0.4, -0.2) is 57.0 Å². The van der Waals surface area contributed by atoms with Crippen molar-refractivity contribution in [3.8, 4) is 0 Å². The summed E-state index contributed by atoms with van der Waals surface area (Å²) >= 11 is 13.1. The number of alkyl halides is 1. The SMILES string of the molecule is CC1(n2ncc(Nc3ncc4cc(Cl)c(C5(F)CCN(C6COC6)CC5)cc4n3)c2Cl)CC1. The van der Waals surface area contributed by atoms with Gasteiger partial charge in [-0.25, -0.2) is 19.0 Å². The highest BCUT2D eigenvalue weighted by Crippen LogP contribution is 2.46. The molecule has 6 rings (SSSR count). The number of nitrogens with zero attached hydrogens (tertiary/aromatic N) is 5. The van der Waals surface area contributed by atoms with Gasteiger partial charge in [0.2, 0.25) is 5.95 Å². The Hall–Kier alpha value is -2.00. The van der Waals surface area contributed by atoms with Gasteiger partial charge in [0.15, 0.2) is 5.15 Å². The van der Waals surface area contributed by atoms with Gasteiger partial charge in [-0.05, 0) is 44.7 Å². The second kappa shape index (κ2) is 7.77. The van der Waals surface area contributed by atoms with Crippen molar-refractivity contribution < 1.29 is 9.13 Å². The molecule has 33 heavy (non-hydrogen) atoms. The van der Waals surface area contributed by atoms with Gasteiger partial charge >= 0.3 is 0 Å². The lowest BCUT2D eigenvalue weighted by atomic mass is 9.85. The minimum Gasteiger partial charge on any atom is -0.378 e. The first-order chi connectivity index (χ1) is 15.8. The van der Waals surface area contributed by atoms with Gasteiger partial charge in [-0.3, -0.25) is 4.90 Å². The Kier molecular flexibility index (Phi) is 5.07. The Morgan fingerprint density at radius 1 is 1.12 bits per heavy atom. The number of hydrogen-bond donors (Lipinski definition) is 1. The van der Waals surface area contributed by atoms with E-state index in [1.165, 1.54) is 0 Å². The van der Waals surface area contributed by atoms with Crippen molar-refractivity contribution in [2.45, 2.75) is 49.9 Å². The average molecular weight is 491 g/mol. The summed E-state index contributed by atoms with van der Waals surface area (Å²) in [6.07, 6.45) is 6.29. The van der Waals surface area contributed by atoms with Crippen LogP contribution in [0, 0.1) is 0 Å². The van der Waals surface area contributed by atoms with Crippen molar-refractivity contribution in [3.63, 3.8) is 0 Å². The third kappa shape index (κ3) is 3.77. The number of hydrogen-bond acceptors (Lipinski definition) is 6. The number of anilines is 2. The van der Waals surface area contributed by atoms with E-state index in [2.05, 4.69) is 32.2 Å². The number of rotatable bonds is 5. The Balaban J connectivity index is 1.26. The van der Waals surface area contributed by atoms with E-state index in [4.69, 9.17) is 27.9 Å². The maximum atomic E-state index is 16.0. The van der Waals surface area contributed by atoms with Crippen LogP contribution in [0.5, 0.6) is 0 Å². The molecule has 7 nitrogen and oxygen atoms in total. The predicted molar refractivity (Wildman–Crippen MR) is 126 cm³/mol. The minimum absolute atomic E-state index is 0.0103. The van der Waals surface area contributed by atoms with E-state index < -0.39 is 5.67 Å². The number of piperidine rings is 1. The molecule has 4 heterocycles. The van der Waals surface area contributed by atoms with Gasteiger partial charge in [0.1, 0.15) is 5.67 Å². The molecule has 0 spiro atoms.